The van der Waals surface area contributed by atoms with Gasteiger partial charge in [-0.15, -0.1) is 0 Å². The summed E-state index contributed by atoms with van der Waals surface area (Å²) in [6, 6.07) is 0. The maximum atomic E-state index is 12.5. The Hall–Kier alpha value is -0.450. The van der Waals surface area contributed by atoms with Gasteiger partial charge in [0.15, 0.2) is 0 Å². The third-order valence-corrected chi connectivity index (χ3v) is 9.14. The van der Waals surface area contributed by atoms with E-state index in [0.29, 0.717) is 43.0 Å². The molecule has 0 aromatic rings. The minimum Gasteiger partial charge on any atom is -0.394 e. The number of aliphatic hydroxyl groups is 1. The van der Waals surface area contributed by atoms with Crippen molar-refractivity contribution >= 4 is 5.78 Å². The van der Waals surface area contributed by atoms with Crippen LogP contribution in [0.1, 0.15) is 71.6 Å². The summed E-state index contributed by atoms with van der Waals surface area (Å²) in [5.74, 6) is 3.57. The van der Waals surface area contributed by atoms with Crippen molar-refractivity contribution in [2.45, 2.75) is 77.7 Å². The van der Waals surface area contributed by atoms with E-state index in [4.69, 9.17) is 14.6 Å². The maximum absolute atomic E-state index is 12.5. The van der Waals surface area contributed by atoms with Crippen LogP contribution in [0, 0.1) is 34.5 Å². The van der Waals surface area contributed by atoms with E-state index >= 15 is 0 Å². The summed E-state index contributed by atoms with van der Waals surface area (Å²) in [4.78, 5) is 12.5. The van der Waals surface area contributed by atoms with Crippen LogP contribution in [0.15, 0.2) is 0 Å². The van der Waals surface area contributed by atoms with Gasteiger partial charge >= 0.3 is 0 Å². The molecule has 0 aliphatic heterocycles. The summed E-state index contributed by atoms with van der Waals surface area (Å²) < 4.78 is 11.4. The van der Waals surface area contributed by atoms with Gasteiger partial charge in [0.25, 0.3) is 0 Å². The lowest BCUT2D eigenvalue weighted by Gasteiger charge is -2.60. The van der Waals surface area contributed by atoms with E-state index in [0.717, 1.165) is 43.4 Å². The molecule has 4 rings (SSSR count). The van der Waals surface area contributed by atoms with Crippen molar-refractivity contribution < 1.29 is 19.4 Å². The number of ether oxygens (including phenoxy) is 2. The first-order chi connectivity index (χ1) is 13.0. The van der Waals surface area contributed by atoms with Crippen molar-refractivity contribution in [3.05, 3.63) is 0 Å². The number of ketones is 1. The average Bonchev–Trinajstić information content (AvgIpc) is 2.97. The molecule has 1 N–H and O–H groups in total. The molecule has 0 amide bonds. The second-order valence-corrected chi connectivity index (χ2v) is 10.2. The number of carbonyl (C=O) groups excluding carboxylic acids is 1. The van der Waals surface area contributed by atoms with Crippen molar-refractivity contribution in [2.75, 3.05) is 26.4 Å². The molecular weight excluding hydrogens is 340 g/mol. The van der Waals surface area contributed by atoms with Crippen molar-refractivity contribution in [3.63, 3.8) is 0 Å². The number of hydrogen-bond donors (Lipinski definition) is 1. The predicted molar refractivity (Wildman–Crippen MR) is 104 cm³/mol. The van der Waals surface area contributed by atoms with Crippen molar-refractivity contribution in [2.24, 2.45) is 34.5 Å². The second kappa shape index (κ2) is 7.76. The van der Waals surface area contributed by atoms with Crippen LogP contribution >= 0.6 is 0 Å². The fourth-order valence-corrected chi connectivity index (χ4v) is 7.58. The Morgan fingerprint density at radius 1 is 1.00 bits per heavy atom. The summed E-state index contributed by atoms with van der Waals surface area (Å²) in [5.41, 5.74) is 0.447. The molecule has 4 fully saturated rings. The number of hydrogen-bond acceptors (Lipinski definition) is 4. The van der Waals surface area contributed by atoms with Crippen molar-refractivity contribution in [3.8, 4) is 0 Å². The molecule has 0 spiro atoms. The topological polar surface area (TPSA) is 55.8 Å². The Morgan fingerprint density at radius 2 is 1.85 bits per heavy atom. The molecule has 7 atom stereocenters. The number of carbonyl (C=O) groups is 1. The Balaban J connectivity index is 1.37. The average molecular weight is 379 g/mol. The van der Waals surface area contributed by atoms with Gasteiger partial charge in [0.1, 0.15) is 5.78 Å². The zero-order chi connectivity index (χ0) is 19.1. The zero-order valence-corrected chi connectivity index (χ0v) is 17.3. The molecule has 154 valence electrons. The highest BCUT2D eigenvalue weighted by molar-refractivity contribution is 5.87. The summed E-state index contributed by atoms with van der Waals surface area (Å²) >= 11 is 0. The van der Waals surface area contributed by atoms with E-state index in [1.165, 1.54) is 32.1 Å². The molecule has 4 heteroatoms. The number of rotatable bonds is 6. The molecular formula is C23H38O4. The molecule has 4 saturated carbocycles. The van der Waals surface area contributed by atoms with E-state index in [1.54, 1.807) is 0 Å². The van der Waals surface area contributed by atoms with E-state index in [2.05, 4.69) is 13.8 Å². The molecule has 4 aliphatic rings. The third-order valence-electron chi connectivity index (χ3n) is 9.14. The van der Waals surface area contributed by atoms with Crippen LogP contribution in [0.4, 0.5) is 0 Å². The van der Waals surface area contributed by atoms with Crippen LogP contribution in [0.3, 0.4) is 0 Å². The van der Waals surface area contributed by atoms with E-state index in [-0.39, 0.29) is 12.0 Å². The van der Waals surface area contributed by atoms with Gasteiger partial charge in [-0.2, -0.15) is 0 Å². The van der Waals surface area contributed by atoms with Crippen LogP contribution in [0.5, 0.6) is 0 Å². The third kappa shape index (κ3) is 3.40. The SMILES string of the molecule is C[C@]12CC[C@H](OCCOCCO)C[C@@H]1CC[C@@H]1[C@@H]2CC[C@]2(C)C(=O)CC[C@@H]12. The smallest absolute Gasteiger partial charge is 0.139 e. The Morgan fingerprint density at radius 3 is 2.67 bits per heavy atom. The lowest BCUT2D eigenvalue weighted by molar-refractivity contribution is -0.146. The summed E-state index contributed by atoms with van der Waals surface area (Å²) in [7, 11) is 0. The molecule has 0 aromatic heterocycles. The maximum Gasteiger partial charge on any atom is 0.139 e. The standard InChI is InChI=1S/C23H38O4/c1-22-9-7-17(27-14-13-26-12-11-24)15-16(22)3-4-18-19-5-6-21(25)23(19,2)10-8-20(18)22/h16-20,24H,3-15H2,1-2H3/t16-,17-,18-,19-,20-,22-,23-/m0/s1. The van der Waals surface area contributed by atoms with Crippen LogP contribution in [-0.2, 0) is 14.3 Å². The fraction of sp³-hybridized carbons (Fsp3) is 0.957. The minimum absolute atomic E-state index is 0.000748. The molecule has 0 aromatic carbocycles. The number of Topliss-reactive ketones (excluding diaryl/α,β-unsaturated/α-hetero) is 1. The number of aliphatic hydroxyl groups excluding tert-OH is 1. The van der Waals surface area contributed by atoms with Gasteiger partial charge in [0.05, 0.1) is 32.5 Å². The lowest BCUT2D eigenvalue weighted by atomic mass is 9.45. The highest BCUT2D eigenvalue weighted by atomic mass is 16.5. The number of fused-ring (bicyclic) bond motifs is 5. The molecule has 0 heterocycles. The first kappa shape index (κ1) is 19.8. The fourth-order valence-electron chi connectivity index (χ4n) is 7.58. The minimum atomic E-state index is -0.000748. The van der Waals surface area contributed by atoms with E-state index in [9.17, 15) is 4.79 Å². The Bertz CT molecular complexity index is 548. The quantitative estimate of drug-likeness (QED) is 0.710. The molecule has 0 radical (unpaired) electrons. The van der Waals surface area contributed by atoms with Gasteiger partial charge in [-0.1, -0.05) is 13.8 Å². The largest absolute Gasteiger partial charge is 0.394 e. The summed E-state index contributed by atoms with van der Waals surface area (Å²) in [6.07, 6.45) is 11.0. The van der Waals surface area contributed by atoms with Gasteiger partial charge < -0.3 is 14.6 Å². The van der Waals surface area contributed by atoms with Gasteiger partial charge in [0.2, 0.25) is 0 Å². The summed E-state index contributed by atoms with van der Waals surface area (Å²) in [5, 5.41) is 8.77. The zero-order valence-electron chi connectivity index (χ0n) is 17.3. The first-order valence-electron chi connectivity index (χ1n) is 11.3. The molecule has 0 saturated heterocycles. The second-order valence-electron chi connectivity index (χ2n) is 10.2. The molecule has 0 bridgehead atoms. The lowest BCUT2D eigenvalue weighted by Crippen LogP contribution is -2.54. The van der Waals surface area contributed by atoms with Crippen molar-refractivity contribution in [1.29, 1.82) is 0 Å². The van der Waals surface area contributed by atoms with Gasteiger partial charge in [-0.3, -0.25) is 4.79 Å². The Labute approximate surface area is 164 Å². The molecule has 4 nitrogen and oxygen atoms in total. The van der Waals surface area contributed by atoms with Crippen molar-refractivity contribution in [1.82, 2.24) is 0 Å². The highest BCUT2D eigenvalue weighted by Crippen LogP contribution is 2.65. The monoisotopic (exact) mass is 378 g/mol. The van der Waals surface area contributed by atoms with E-state index in [1.807, 2.05) is 0 Å². The van der Waals surface area contributed by atoms with Crippen LogP contribution in [0.2, 0.25) is 0 Å². The highest BCUT2D eigenvalue weighted by Gasteiger charge is 2.60. The first-order valence-corrected chi connectivity index (χ1v) is 11.3. The van der Waals surface area contributed by atoms with Crippen LogP contribution in [0.25, 0.3) is 0 Å². The Kier molecular flexibility index (Phi) is 5.70. The van der Waals surface area contributed by atoms with Gasteiger partial charge in [0, 0.05) is 11.8 Å². The van der Waals surface area contributed by atoms with Crippen LogP contribution < -0.4 is 0 Å². The molecule has 27 heavy (non-hydrogen) atoms. The van der Waals surface area contributed by atoms with Gasteiger partial charge in [-0.25, -0.2) is 0 Å². The molecule has 4 aliphatic carbocycles. The normalized spacial score (nSPS) is 46.6. The summed E-state index contributed by atoms with van der Waals surface area (Å²) in [6.45, 7) is 6.55. The van der Waals surface area contributed by atoms with Crippen LogP contribution in [-0.4, -0.2) is 43.4 Å². The predicted octanol–water partition coefficient (Wildman–Crippen LogP) is 3.99. The van der Waals surface area contributed by atoms with E-state index < -0.39 is 0 Å². The molecule has 0 unspecified atom stereocenters. The van der Waals surface area contributed by atoms with Gasteiger partial charge in [-0.05, 0) is 80.5 Å².